The van der Waals surface area contributed by atoms with Crippen LogP contribution in [0.4, 0.5) is 11.5 Å². The molecule has 1 aliphatic rings. The molecule has 23 heavy (non-hydrogen) atoms. The van der Waals surface area contributed by atoms with Crippen LogP contribution in [0, 0.1) is 0 Å². The highest BCUT2D eigenvalue weighted by molar-refractivity contribution is 7.89. The van der Waals surface area contributed by atoms with Crippen LogP contribution in [0.3, 0.4) is 0 Å². The lowest BCUT2D eigenvalue weighted by molar-refractivity contribution is -0.364. The number of aromatic amines is 1. The molecule has 0 bridgehead atoms. The van der Waals surface area contributed by atoms with E-state index in [2.05, 4.69) is 9.88 Å². The number of aromatic nitrogens is 1. The third-order valence-corrected chi connectivity index (χ3v) is 5.26. The maximum absolute atomic E-state index is 11.3. The number of nitrogens with one attached hydrogen (secondary N) is 1. The van der Waals surface area contributed by atoms with Gasteiger partial charge in [-0.05, 0) is 36.5 Å². The monoisotopic (exact) mass is 333 g/mol. The van der Waals surface area contributed by atoms with Gasteiger partial charge in [-0.1, -0.05) is 12.1 Å². The predicted octanol–water partition coefficient (Wildman–Crippen LogP) is 1.11. The first-order valence-corrected chi connectivity index (χ1v) is 9.13. The largest absolute Gasteiger partial charge is 0.398 e. The Morgan fingerprint density at radius 3 is 2.30 bits per heavy atom. The van der Waals surface area contributed by atoms with Crippen LogP contribution < -0.4 is 20.8 Å². The zero-order chi connectivity index (χ0) is 16.4. The smallest absolute Gasteiger partial charge is 0.276 e. The quantitative estimate of drug-likeness (QED) is 0.878. The molecule has 6 nitrogen and oxygen atoms in total. The molecule has 2 aromatic rings. The summed E-state index contributed by atoms with van der Waals surface area (Å²) in [5.74, 6) is 1.47. The third-order valence-electron chi connectivity index (χ3n) is 4.33. The van der Waals surface area contributed by atoms with Gasteiger partial charge in [0.15, 0.2) is 0 Å². The summed E-state index contributed by atoms with van der Waals surface area (Å²) in [6.07, 6.45) is 3.87. The molecule has 1 aromatic heterocycles. The molecule has 1 saturated heterocycles. The van der Waals surface area contributed by atoms with Gasteiger partial charge < -0.3 is 5.73 Å². The van der Waals surface area contributed by atoms with Crippen LogP contribution in [0.5, 0.6) is 0 Å². The van der Waals surface area contributed by atoms with Gasteiger partial charge in [-0.2, -0.15) is 0 Å². The Morgan fingerprint density at radius 2 is 1.74 bits per heavy atom. The van der Waals surface area contributed by atoms with Crippen LogP contribution in [0.15, 0.2) is 47.5 Å². The van der Waals surface area contributed by atoms with Crippen LogP contribution in [-0.4, -0.2) is 21.5 Å². The van der Waals surface area contributed by atoms with Gasteiger partial charge in [0.2, 0.25) is 10.0 Å². The maximum atomic E-state index is 11.3. The molecule has 7 heteroatoms. The summed E-state index contributed by atoms with van der Waals surface area (Å²) in [5, 5.41) is 5.13. The lowest BCUT2D eigenvalue weighted by Crippen LogP contribution is -2.36. The summed E-state index contributed by atoms with van der Waals surface area (Å²) in [7, 11) is -3.62. The Balaban J connectivity index is 1.67. The number of primary sulfonamides is 1. The second kappa shape index (κ2) is 6.17. The third kappa shape index (κ3) is 3.62. The zero-order valence-corrected chi connectivity index (χ0v) is 13.6. The Bertz CT molecular complexity index is 782. The number of pyridine rings is 1. The van der Waals surface area contributed by atoms with Gasteiger partial charge >= 0.3 is 0 Å². The Hall–Kier alpha value is -2.12. The minimum atomic E-state index is -3.62. The normalized spacial score (nSPS) is 16.5. The van der Waals surface area contributed by atoms with Crippen molar-refractivity contribution in [2.24, 2.45) is 5.14 Å². The van der Waals surface area contributed by atoms with Gasteiger partial charge in [-0.15, -0.1) is 0 Å². The number of anilines is 2. The first-order valence-electron chi connectivity index (χ1n) is 7.58. The van der Waals surface area contributed by atoms with Crippen molar-refractivity contribution in [3.63, 3.8) is 0 Å². The van der Waals surface area contributed by atoms with Crippen molar-refractivity contribution in [3.8, 4) is 0 Å². The number of nitrogen functional groups attached to an aromatic ring is 1. The summed E-state index contributed by atoms with van der Waals surface area (Å²) in [5.41, 5.74) is 7.74. The average molecular weight is 333 g/mol. The predicted molar refractivity (Wildman–Crippen MR) is 89.4 cm³/mol. The molecule has 0 spiro atoms. The second-order valence-corrected chi connectivity index (χ2v) is 7.44. The molecule has 0 saturated carbocycles. The topological polar surface area (TPSA) is 104 Å². The van der Waals surface area contributed by atoms with Crippen molar-refractivity contribution in [1.82, 2.24) is 0 Å². The number of piperidine rings is 1. The van der Waals surface area contributed by atoms with Crippen LogP contribution in [-0.2, 0) is 10.0 Å². The van der Waals surface area contributed by atoms with Crippen molar-refractivity contribution < 1.29 is 13.4 Å². The highest BCUT2D eigenvalue weighted by Crippen LogP contribution is 2.30. The molecule has 3 rings (SSSR count). The van der Waals surface area contributed by atoms with Crippen molar-refractivity contribution in [2.45, 2.75) is 23.7 Å². The number of hydrogen-bond acceptors (Lipinski definition) is 4. The van der Waals surface area contributed by atoms with E-state index < -0.39 is 10.0 Å². The van der Waals surface area contributed by atoms with Crippen molar-refractivity contribution >= 4 is 21.5 Å². The van der Waals surface area contributed by atoms with E-state index in [1.165, 1.54) is 0 Å². The summed E-state index contributed by atoms with van der Waals surface area (Å²) < 4.78 is 22.6. The van der Waals surface area contributed by atoms with Gasteiger partial charge in [0.1, 0.15) is 0 Å². The van der Waals surface area contributed by atoms with Crippen molar-refractivity contribution in [2.75, 3.05) is 23.7 Å². The first-order chi connectivity index (χ1) is 10.9. The maximum Gasteiger partial charge on any atom is 0.276 e. The summed E-state index contributed by atoms with van der Waals surface area (Å²) in [6, 6.07) is 10.7. The number of nitrogens with two attached hydrogens (primary N) is 2. The highest BCUT2D eigenvalue weighted by Gasteiger charge is 2.26. The number of H-pyrrole nitrogens is 1. The van der Waals surface area contributed by atoms with Gasteiger partial charge in [0, 0.05) is 11.8 Å². The van der Waals surface area contributed by atoms with E-state index in [1.54, 1.807) is 12.1 Å². The van der Waals surface area contributed by atoms with E-state index in [-0.39, 0.29) is 4.90 Å². The van der Waals surface area contributed by atoms with E-state index in [1.807, 2.05) is 30.5 Å². The molecule has 5 N–H and O–H groups in total. The molecule has 1 fully saturated rings. The van der Waals surface area contributed by atoms with Crippen molar-refractivity contribution in [3.05, 3.63) is 48.2 Å². The fraction of sp³-hybridized carbons (Fsp3) is 0.312. The van der Waals surface area contributed by atoms with Crippen molar-refractivity contribution in [1.29, 1.82) is 0 Å². The summed E-state index contributed by atoms with van der Waals surface area (Å²) in [4.78, 5) is 5.67. The lowest BCUT2D eigenvalue weighted by Gasteiger charge is -2.28. The van der Waals surface area contributed by atoms with E-state index in [0.717, 1.165) is 43.0 Å². The summed E-state index contributed by atoms with van der Waals surface area (Å²) in [6.45, 7) is 1.86. The standard InChI is InChI=1S/C16H20N4O2S/c17-14-5-8-19-16(11-14)20-9-6-13(7-10-20)12-1-3-15(4-2-12)23(18,21)22/h1-5,8,11,13H,6-7,9-10H2,(H2,17,19)(H2,18,21,22)/p+1. The number of hydrogen-bond donors (Lipinski definition) is 2. The molecule has 0 radical (unpaired) electrons. The Morgan fingerprint density at radius 1 is 1.09 bits per heavy atom. The minimum Gasteiger partial charge on any atom is -0.398 e. The van der Waals surface area contributed by atoms with Gasteiger partial charge in [0.05, 0.1) is 30.2 Å². The van der Waals surface area contributed by atoms with Crippen LogP contribution in [0.2, 0.25) is 0 Å². The molecule has 1 aromatic carbocycles. The fourth-order valence-corrected chi connectivity index (χ4v) is 3.55. The SMILES string of the molecule is Nc1cc[nH+]c(N2CCC(c3ccc(S(N)(=O)=O)cc3)CC2)c1. The van der Waals surface area contributed by atoms with E-state index in [9.17, 15) is 8.42 Å². The first kappa shape index (κ1) is 15.8. The Kier molecular flexibility index (Phi) is 4.23. The Labute approximate surface area is 136 Å². The van der Waals surface area contributed by atoms with E-state index in [0.29, 0.717) is 5.92 Å². The molecule has 1 aliphatic heterocycles. The van der Waals surface area contributed by atoms with E-state index >= 15 is 0 Å². The summed E-state index contributed by atoms with van der Waals surface area (Å²) >= 11 is 0. The highest BCUT2D eigenvalue weighted by atomic mass is 32.2. The molecule has 2 heterocycles. The average Bonchev–Trinajstić information content (AvgIpc) is 2.54. The molecular weight excluding hydrogens is 312 g/mol. The van der Waals surface area contributed by atoms with Gasteiger partial charge in [-0.25, -0.2) is 18.5 Å². The molecule has 0 amide bonds. The zero-order valence-electron chi connectivity index (χ0n) is 12.8. The molecular formula is C16H21N4O2S+. The molecule has 0 atom stereocenters. The number of nitrogens with zero attached hydrogens (tertiary/aromatic N) is 1. The fourth-order valence-electron chi connectivity index (χ4n) is 3.04. The lowest BCUT2D eigenvalue weighted by atomic mass is 9.89. The van der Waals surface area contributed by atoms with Gasteiger partial charge in [-0.3, -0.25) is 4.90 Å². The second-order valence-electron chi connectivity index (χ2n) is 5.88. The van der Waals surface area contributed by atoms with Gasteiger partial charge in [0.25, 0.3) is 5.82 Å². The minimum absolute atomic E-state index is 0.160. The molecule has 0 unspecified atom stereocenters. The molecule has 0 aliphatic carbocycles. The van der Waals surface area contributed by atoms with E-state index in [4.69, 9.17) is 10.9 Å². The van der Waals surface area contributed by atoms with Crippen LogP contribution >= 0.6 is 0 Å². The number of rotatable bonds is 3. The molecule has 122 valence electrons. The van der Waals surface area contributed by atoms with Crippen LogP contribution in [0.25, 0.3) is 0 Å². The number of benzene rings is 1. The van der Waals surface area contributed by atoms with Crippen LogP contribution in [0.1, 0.15) is 24.3 Å². The number of sulfonamides is 1.